The second kappa shape index (κ2) is 5.73. The molecule has 2 aromatic rings. The summed E-state index contributed by atoms with van der Waals surface area (Å²) in [5, 5.41) is 12.3. The third kappa shape index (κ3) is 3.04. The van der Waals surface area contributed by atoms with E-state index < -0.39 is 0 Å². The Kier molecular flexibility index (Phi) is 4.03. The van der Waals surface area contributed by atoms with Gasteiger partial charge in [0.1, 0.15) is 5.75 Å². The lowest BCUT2D eigenvalue weighted by Gasteiger charge is -2.09. The van der Waals surface area contributed by atoms with Crippen molar-refractivity contribution in [2.24, 2.45) is 10.9 Å². The lowest BCUT2D eigenvalue weighted by Crippen LogP contribution is -2.16. The van der Waals surface area contributed by atoms with Crippen LogP contribution in [0, 0.1) is 0 Å². The van der Waals surface area contributed by atoms with E-state index in [0.29, 0.717) is 15.8 Å². The van der Waals surface area contributed by atoms with Gasteiger partial charge in [-0.1, -0.05) is 28.4 Å². The maximum Gasteiger partial charge on any atom is 0.249 e. The van der Waals surface area contributed by atoms with E-state index in [9.17, 15) is 0 Å². The van der Waals surface area contributed by atoms with Crippen LogP contribution < -0.4 is 10.5 Å². The Morgan fingerprint density at radius 3 is 2.68 bits per heavy atom. The molecule has 0 aliphatic heterocycles. The number of nitrogens with zero attached hydrogens (tertiary/aromatic N) is 3. The Morgan fingerprint density at radius 2 is 2.00 bits per heavy atom. The maximum absolute atomic E-state index is 8.67. The molecule has 1 aromatic carbocycles. The van der Waals surface area contributed by atoms with Gasteiger partial charge in [-0.15, -0.1) is 0 Å². The molecule has 98 valence electrons. The van der Waals surface area contributed by atoms with E-state index in [4.69, 9.17) is 38.9 Å². The highest BCUT2D eigenvalue weighted by Gasteiger charge is 2.13. The fourth-order valence-corrected chi connectivity index (χ4v) is 1.73. The van der Waals surface area contributed by atoms with Crippen LogP contribution in [0.3, 0.4) is 0 Å². The molecule has 1 aromatic heterocycles. The van der Waals surface area contributed by atoms with Gasteiger partial charge in [0.2, 0.25) is 5.88 Å². The van der Waals surface area contributed by atoms with Crippen molar-refractivity contribution in [1.82, 2.24) is 9.97 Å². The van der Waals surface area contributed by atoms with Crippen LogP contribution in [0.5, 0.6) is 11.6 Å². The van der Waals surface area contributed by atoms with Crippen LogP contribution in [0.4, 0.5) is 0 Å². The fourth-order valence-electron chi connectivity index (χ4n) is 1.29. The highest BCUT2D eigenvalue weighted by Crippen LogP contribution is 2.31. The first kappa shape index (κ1) is 13.4. The number of halogens is 2. The van der Waals surface area contributed by atoms with Crippen LogP contribution in [-0.2, 0) is 0 Å². The van der Waals surface area contributed by atoms with E-state index in [1.165, 1.54) is 18.5 Å². The maximum atomic E-state index is 8.67. The number of rotatable bonds is 3. The van der Waals surface area contributed by atoms with Gasteiger partial charge in [-0.3, -0.25) is 0 Å². The third-order valence-electron chi connectivity index (χ3n) is 2.12. The molecule has 19 heavy (non-hydrogen) atoms. The predicted octanol–water partition coefficient (Wildman–Crippen LogP) is 2.67. The number of amidine groups is 1. The summed E-state index contributed by atoms with van der Waals surface area (Å²) in [6.07, 6.45) is 2.80. The van der Waals surface area contributed by atoms with Crippen LogP contribution in [0.2, 0.25) is 10.0 Å². The first-order valence-corrected chi connectivity index (χ1v) is 5.79. The average molecular weight is 299 g/mol. The minimum absolute atomic E-state index is 0.0713. The molecule has 8 heteroatoms. The number of oxime groups is 1. The van der Waals surface area contributed by atoms with Crippen LogP contribution in [0.1, 0.15) is 5.69 Å². The van der Waals surface area contributed by atoms with Crippen molar-refractivity contribution < 1.29 is 9.94 Å². The summed E-state index contributed by atoms with van der Waals surface area (Å²) in [5.41, 5.74) is 5.58. The summed E-state index contributed by atoms with van der Waals surface area (Å²) in [6, 6.07) is 4.72. The molecular formula is C11H8Cl2N4O2. The quantitative estimate of drug-likeness (QED) is 0.393. The number of hydrogen-bond acceptors (Lipinski definition) is 5. The fraction of sp³-hybridized carbons (Fsp3) is 0. The lowest BCUT2D eigenvalue weighted by molar-refractivity contribution is 0.318. The van der Waals surface area contributed by atoms with Crippen molar-refractivity contribution in [3.63, 3.8) is 0 Å². The normalized spacial score (nSPS) is 11.4. The van der Waals surface area contributed by atoms with Gasteiger partial charge in [0.25, 0.3) is 0 Å². The van der Waals surface area contributed by atoms with Crippen molar-refractivity contribution >= 4 is 29.0 Å². The van der Waals surface area contributed by atoms with E-state index in [1.54, 1.807) is 12.1 Å². The third-order valence-corrected chi connectivity index (χ3v) is 2.65. The monoisotopic (exact) mass is 298 g/mol. The molecule has 0 saturated carbocycles. The Morgan fingerprint density at radius 1 is 1.26 bits per heavy atom. The number of nitrogens with two attached hydrogens (primary N) is 1. The SMILES string of the molecule is NC(=NO)c1nccnc1Oc1ccc(Cl)cc1Cl. The number of benzene rings is 1. The molecule has 0 aliphatic carbocycles. The zero-order valence-corrected chi connectivity index (χ0v) is 10.9. The highest BCUT2D eigenvalue weighted by molar-refractivity contribution is 6.35. The van der Waals surface area contributed by atoms with Crippen LogP contribution in [-0.4, -0.2) is 21.0 Å². The lowest BCUT2D eigenvalue weighted by atomic mass is 10.3. The Labute approximate surface area is 118 Å². The van der Waals surface area contributed by atoms with Gasteiger partial charge in [-0.2, -0.15) is 0 Å². The van der Waals surface area contributed by atoms with E-state index in [-0.39, 0.29) is 17.4 Å². The molecule has 1 heterocycles. The molecule has 0 aliphatic rings. The number of hydrogen-bond donors (Lipinski definition) is 2. The van der Waals surface area contributed by atoms with Crippen LogP contribution in [0.25, 0.3) is 0 Å². The van der Waals surface area contributed by atoms with Crippen LogP contribution in [0.15, 0.2) is 35.7 Å². The zero-order chi connectivity index (χ0) is 13.8. The van der Waals surface area contributed by atoms with Gasteiger partial charge in [-0.05, 0) is 18.2 Å². The minimum atomic E-state index is -0.215. The first-order chi connectivity index (χ1) is 9.11. The van der Waals surface area contributed by atoms with Crippen molar-refractivity contribution in [1.29, 1.82) is 0 Å². The summed E-state index contributed by atoms with van der Waals surface area (Å²) in [6.45, 7) is 0. The van der Waals surface area contributed by atoms with Crippen molar-refractivity contribution in [2.75, 3.05) is 0 Å². The summed E-state index contributed by atoms with van der Waals surface area (Å²) in [4.78, 5) is 7.88. The highest BCUT2D eigenvalue weighted by atomic mass is 35.5. The van der Waals surface area contributed by atoms with Crippen molar-refractivity contribution in [2.45, 2.75) is 0 Å². The van der Waals surface area contributed by atoms with Gasteiger partial charge in [0, 0.05) is 17.4 Å². The van der Waals surface area contributed by atoms with E-state index in [2.05, 4.69) is 15.1 Å². The summed E-state index contributed by atoms with van der Waals surface area (Å²) in [5.74, 6) is 0.189. The molecule has 0 amide bonds. The molecule has 0 radical (unpaired) electrons. The van der Waals surface area contributed by atoms with Crippen molar-refractivity contribution in [3.05, 3.63) is 46.3 Å². The molecule has 3 N–H and O–H groups in total. The van der Waals surface area contributed by atoms with E-state index in [0.717, 1.165) is 0 Å². The standard InChI is InChI=1S/C11H8Cl2N4O2/c12-6-1-2-8(7(13)5-6)19-11-9(10(14)17-18)15-3-4-16-11/h1-5,18H,(H2,14,17). The van der Waals surface area contributed by atoms with E-state index >= 15 is 0 Å². The molecule has 0 unspecified atom stereocenters. The second-order valence-electron chi connectivity index (χ2n) is 3.37. The van der Waals surface area contributed by atoms with Gasteiger partial charge in [-0.25, -0.2) is 9.97 Å². The van der Waals surface area contributed by atoms with Crippen molar-refractivity contribution in [3.8, 4) is 11.6 Å². The van der Waals surface area contributed by atoms with E-state index in [1.807, 2.05) is 0 Å². The Hall–Kier alpha value is -2.05. The van der Waals surface area contributed by atoms with Gasteiger partial charge in [0.15, 0.2) is 11.5 Å². The topological polar surface area (TPSA) is 93.6 Å². The Balaban J connectivity index is 2.38. The largest absolute Gasteiger partial charge is 0.435 e. The molecule has 0 atom stereocenters. The van der Waals surface area contributed by atoms with Gasteiger partial charge >= 0.3 is 0 Å². The molecule has 0 bridgehead atoms. The smallest absolute Gasteiger partial charge is 0.249 e. The molecule has 6 nitrogen and oxygen atoms in total. The Bertz CT molecular complexity index is 634. The molecule has 2 rings (SSSR count). The number of aromatic nitrogens is 2. The van der Waals surface area contributed by atoms with Crippen LogP contribution >= 0.6 is 23.2 Å². The summed E-state index contributed by atoms with van der Waals surface area (Å²) >= 11 is 11.8. The average Bonchev–Trinajstić information content (AvgIpc) is 2.41. The first-order valence-electron chi connectivity index (χ1n) is 5.03. The number of ether oxygens (including phenoxy) is 1. The minimum Gasteiger partial charge on any atom is -0.435 e. The van der Waals surface area contributed by atoms with Gasteiger partial charge < -0.3 is 15.7 Å². The zero-order valence-electron chi connectivity index (χ0n) is 9.42. The molecule has 0 fully saturated rings. The van der Waals surface area contributed by atoms with Gasteiger partial charge in [0.05, 0.1) is 5.02 Å². The summed E-state index contributed by atoms with van der Waals surface area (Å²) < 4.78 is 5.48. The molecular weight excluding hydrogens is 291 g/mol. The molecule has 0 saturated heterocycles. The molecule has 0 spiro atoms. The summed E-state index contributed by atoms with van der Waals surface area (Å²) in [7, 11) is 0. The predicted molar refractivity (Wildman–Crippen MR) is 71.1 cm³/mol. The second-order valence-corrected chi connectivity index (χ2v) is 4.22.